The molecule has 0 aliphatic carbocycles. The molecular formula is C55H34N4O. The second-order valence-electron chi connectivity index (χ2n) is 15.8. The van der Waals surface area contributed by atoms with Gasteiger partial charge in [-0.2, -0.15) is 0 Å². The van der Waals surface area contributed by atoms with Gasteiger partial charge in [0.25, 0.3) is 0 Å². The number of para-hydroxylation sites is 1. The van der Waals surface area contributed by atoms with Gasteiger partial charge in [0.15, 0.2) is 11.7 Å². The molecule has 12 aromatic rings. The highest BCUT2D eigenvalue weighted by Crippen LogP contribution is 2.44. The molecular weight excluding hydrogens is 733 g/mol. The van der Waals surface area contributed by atoms with Crippen LogP contribution >= 0.6 is 0 Å². The maximum Gasteiger partial charge on any atom is 0.170 e. The van der Waals surface area contributed by atoms with Crippen molar-refractivity contribution >= 4 is 98.5 Å². The quantitative estimate of drug-likeness (QED) is 0.194. The summed E-state index contributed by atoms with van der Waals surface area (Å²) in [6, 6.07) is 69.3. The third kappa shape index (κ3) is 5.06. The van der Waals surface area contributed by atoms with Crippen LogP contribution in [0.4, 0.5) is 0 Å². The maximum absolute atomic E-state index is 7.12. The predicted octanol–water partition coefficient (Wildman–Crippen LogP) is 13.8. The Morgan fingerprint density at radius 1 is 0.417 bits per heavy atom. The van der Waals surface area contributed by atoms with Crippen molar-refractivity contribution in [3.63, 3.8) is 0 Å². The normalized spacial score (nSPS) is 13.6. The van der Waals surface area contributed by atoms with Crippen LogP contribution in [0, 0.1) is 0 Å². The first-order valence-electron chi connectivity index (χ1n) is 20.4. The number of hydrogen-bond acceptors (Lipinski definition) is 4. The molecule has 280 valence electrons. The molecule has 2 aromatic heterocycles. The molecule has 5 nitrogen and oxygen atoms in total. The molecule has 0 atom stereocenters. The minimum atomic E-state index is -0.569. The van der Waals surface area contributed by atoms with E-state index in [1.165, 1.54) is 32.3 Å². The summed E-state index contributed by atoms with van der Waals surface area (Å²) < 4.78 is 9.49. The molecule has 5 heteroatoms. The fraction of sp³-hybridized carbons (Fsp3) is 0.0182. The van der Waals surface area contributed by atoms with E-state index in [1.807, 2.05) is 0 Å². The molecule has 3 heterocycles. The Morgan fingerprint density at radius 2 is 0.933 bits per heavy atom. The Balaban J connectivity index is 1.10. The number of rotatable bonds is 4. The molecule has 0 spiro atoms. The van der Waals surface area contributed by atoms with Gasteiger partial charge >= 0.3 is 0 Å². The van der Waals surface area contributed by atoms with Crippen molar-refractivity contribution in [2.45, 2.75) is 6.17 Å². The van der Waals surface area contributed by atoms with Gasteiger partial charge in [0.05, 0.1) is 16.7 Å². The van der Waals surface area contributed by atoms with Crippen LogP contribution < -0.4 is 5.32 Å². The van der Waals surface area contributed by atoms with Crippen LogP contribution in [0.3, 0.4) is 0 Å². The molecule has 0 unspecified atom stereocenters. The van der Waals surface area contributed by atoms with Crippen molar-refractivity contribution < 1.29 is 4.42 Å². The van der Waals surface area contributed by atoms with Gasteiger partial charge in [-0.1, -0.05) is 146 Å². The lowest BCUT2D eigenvalue weighted by Gasteiger charge is -2.23. The molecule has 0 fully saturated rings. The van der Waals surface area contributed by atoms with Gasteiger partial charge < -0.3 is 14.3 Å². The van der Waals surface area contributed by atoms with Crippen molar-refractivity contribution in [3.8, 4) is 5.69 Å². The summed E-state index contributed by atoms with van der Waals surface area (Å²) >= 11 is 0. The number of nitrogens with zero attached hydrogens (tertiary/aromatic N) is 3. The summed E-state index contributed by atoms with van der Waals surface area (Å²) in [4.78, 5) is 10.9. The average molecular weight is 767 g/mol. The Bertz CT molecular complexity index is 3730. The summed E-state index contributed by atoms with van der Waals surface area (Å²) in [6.07, 6.45) is -0.569. The Kier molecular flexibility index (Phi) is 7.01. The van der Waals surface area contributed by atoms with E-state index in [0.717, 1.165) is 88.6 Å². The lowest BCUT2D eigenvalue weighted by atomic mass is 9.99. The summed E-state index contributed by atoms with van der Waals surface area (Å²) in [5.74, 6) is 1.54. The average Bonchev–Trinajstić information content (AvgIpc) is 3.84. The van der Waals surface area contributed by atoms with Gasteiger partial charge in [0.2, 0.25) is 0 Å². The largest absolute Gasteiger partial charge is 0.454 e. The van der Waals surface area contributed by atoms with E-state index in [0.29, 0.717) is 0 Å². The molecule has 10 aromatic carbocycles. The zero-order valence-electron chi connectivity index (χ0n) is 32.3. The number of amidine groups is 2. The second kappa shape index (κ2) is 12.7. The van der Waals surface area contributed by atoms with Gasteiger partial charge in [-0.05, 0) is 91.6 Å². The van der Waals surface area contributed by atoms with Crippen LogP contribution in [0.15, 0.2) is 209 Å². The number of benzene rings is 10. The number of nitrogens with one attached hydrogen (secondary N) is 1. The Hall–Kier alpha value is -8.02. The highest BCUT2D eigenvalue weighted by molar-refractivity contribution is 6.19. The lowest BCUT2D eigenvalue weighted by Crippen LogP contribution is -2.36. The molecule has 13 rings (SSSR count). The maximum atomic E-state index is 7.12. The fourth-order valence-electron chi connectivity index (χ4n) is 9.44. The highest BCUT2D eigenvalue weighted by atomic mass is 16.3. The monoisotopic (exact) mass is 766 g/mol. The lowest BCUT2D eigenvalue weighted by molar-refractivity contribution is 0.665. The number of fused-ring (bicyclic) bond motifs is 10. The molecule has 0 bridgehead atoms. The first-order valence-corrected chi connectivity index (χ1v) is 20.4. The fourth-order valence-corrected chi connectivity index (χ4v) is 9.44. The zero-order valence-corrected chi connectivity index (χ0v) is 32.3. The van der Waals surface area contributed by atoms with Crippen molar-refractivity contribution in [2.75, 3.05) is 0 Å². The number of aromatic nitrogens is 1. The van der Waals surface area contributed by atoms with Gasteiger partial charge in [0, 0.05) is 38.2 Å². The summed E-state index contributed by atoms with van der Waals surface area (Å²) in [5, 5.41) is 17.5. The Labute approximate surface area is 344 Å². The van der Waals surface area contributed by atoms with Gasteiger partial charge in [-0.15, -0.1) is 0 Å². The van der Waals surface area contributed by atoms with Crippen molar-refractivity contribution in [3.05, 3.63) is 211 Å². The molecule has 1 aliphatic heterocycles. The topological polar surface area (TPSA) is 54.8 Å². The molecule has 1 N–H and O–H groups in total. The predicted molar refractivity (Wildman–Crippen MR) is 250 cm³/mol. The molecule has 0 amide bonds. The third-order valence-corrected chi connectivity index (χ3v) is 12.3. The van der Waals surface area contributed by atoms with Crippen LogP contribution in [-0.2, 0) is 0 Å². The van der Waals surface area contributed by atoms with E-state index in [-0.39, 0.29) is 0 Å². The van der Waals surface area contributed by atoms with Crippen molar-refractivity contribution in [1.29, 1.82) is 0 Å². The minimum Gasteiger partial charge on any atom is -0.454 e. The van der Waals surface area contributed by atoms with Gasteiger partial charge in [-0.3, -0.25) is 0 Å². The van der Waals surface area contributed by atoms with E-state index in [2.05, 4.69) is 204 Å². The van der Waals surface area contributed by atoms with Crippen LogP contribution in [0.5, 0.6) is 0 Å². The van der Waals surface area contributed by atoms with Crippen LogP contribution in [-0.4, -0.2) is 16.2 Å². The van der Waals surface area contributed by atoms with E-state index in [4.69, 9.17) is 14.4 Å². The minimum absolute atomic E-state index is 0.569. The smallest absolute Gasteiger partial charge is 0.170 e. The standard InChI is InChI=1S/C55H34N4O/c1-3-13-35-27-41(23-21-33(35)11-1)53-56-54(42-24-22-34-12-2-4-14-36(34)28-42)58-55(57-53)44-25-26-48(52-51(44)46-30-38-16-6-8-18-40(38)32-50(46)60-52)59-47-20-10-9-19-43(47)45-29-37-15-5-7-17-39(37)31-49(45)59/h1-32,55H,(H,56,57,58). The van der Waals surface area contributed by atoms with E-state index in [9.17, 15) is 0 Å². The number of furan rings is 1. The SMILES string of the molecule is c1ccc2cc(C3=NC(c4ccc(-n5c6ccccc6c6cc7ccccc7cc65)c5oc6cc7ccccc7cc6c45)N=C(c4ccc5ccccc5c4)N3)ccc2c1. The van der Waals surface area contributed by atoms with Gasteiger partial charge in [0.1, 0.15) is 17.3 Å². The van der Waals surface area contributed by atoms with Crippen LogP contribution in [0.1, 0.15) is 22.9 Å². The molecule has 0 saturated carbocycles. The number of hydrogen-bond donors (Lipinski definition) is 1. The number of aliphatic imine (C=N–C) groups is 2. The molecule has 1 aliphatic rings. The summed E-state index contributed by atoms with van der Waals surface area (Å²) in [5.41, 5.74) is 7.84. The second-order valence-corrected chi connectivity index (χ2v) is 15.8. The first-order chi connectivity index (χ1) is 29.7. The van der Waals surface area contributed by atoms with Crippen molar-refractivity contribution in [1.82, 2.24) is 9.88 Å². The molecule has 60 heavy (non-hydrogen) atoms. The van der Waals surface area contributed by atoms with Crippen molar-refractivity contribution in [2.24, 2.45) is 9.98 Å². The first kappa shape index (κ1) is 33.0. The highest BCUT2D eigenvalue weighted by Gasteiger charge is 2.27. The zero-order chi connectivity index (χ0) is 39.3. The van der Waals surface area contributed by atoms with E-state index >= 15 is 0 Å². The summed E-state index contributed by atoms with van der Waals surface area (Å²) in [7, 11) is 0. The molecule has 0 radical (unpaired) electrons. The van der Waals surface area contributed by atoms with Crippen LogP contribution in [0.2, 0.25) is 0 Å². The molecule has 0 saturated heterocycles. The Morgan fingerprint density at radius 3 is 1.57 bits per heavy atom. The van der Waals surface area contributed by atoms with Gasteiger partial charge in [-0.25, -0.2) is 9.98 Å². The summed E-state index contributed by atoms with van der Waals surface area (Å²) in [6.45, 7) is 0. The van der Waals surface area contributed by atoms with E-state index < -0.39 is 6.17 Å². The third-order valence-electron chi connectivity index (χ3n) is 12.3. The van der Waals surface area contributed by atoms with Crippen LogP contribution in [0.25, 0.3) is 92.5 Å². The van der Waals surface area contributed by atoms with E-state index in [1.54, 1.807) is 0 Å².